The fourth-order valence-corrected chi connectivity index (χ4v) is 3.44. The van der Waals surface area contributed by atoms with Gasteiger partial charge < -0.3 is 20.0 Å². The smallest absolute Gasteiger partial charge is 0.227 e. The summed E-state index contributed by atoms with van der Waals surface area (Å²) in [6, 6.07) is 0.432. The van der Waals surface area contributed by atoms with E-state index in [4.69, 9.17) is 0 Å². The Bertz CT molecular complexity index is 339. The summed E-state index contributed by atoms with van der Waals surface area (Å²) in [6.07, 6.45) is 2.23. The van der Waals surface area contributed by atoms with Gasteiger partial charge in [-0.3, -0.25) is 4.79 Å². The molecule has 2 fully saturated rings. The van der Waals surface area contributed by atoms with Crippen LogP contribution in [0.25, 0.3) is 0 Å². The number of hydrogen-bond donors (Lipinski definition) is 1. The summed E-state index contributed by atoms with van der Waals surface area (Å²) in [6.45, 7) is 8.05. The molecular weight excluding hydrogens is 264 g/mol. The quantitative estimate of drug-likeness (QED) is 0.793. The molecule has 5 heteroatoms. The number of carbonyl (C=O) groups is 1. The van der Waals surface area contributed by atoms with Gasteiger partial charge in [-0.15, -0.1) is 0 Å². The molecule has 0 bridgehead atoms. The number of carbonyl (C=O) groups excluding carboxylic acids is 1. The summed E-state index contributed by atoms with van der Waals surface area (Å²) in [5.74, 6) is 1.02. The lowest BCUT2D eigenvalue weighted by atomic mass is 9.94. The van der Waals surface area contributed by atoms with Crippen LogP contribution in [0.2, 0.25) is 0 Å². The first-order chi connectivity index (χ1) is 9.99. The second-order valence-corrected chi connectivity index (χ2v) is 7.11. The van der Waals surface area contributed by atoms with Crippen molar-refractivity contribution in [3.63, 3.8) is 0 Å². The van der Waals surface area contributed by atoms with Gasteiger partial charge in [0, 0.05) is 25.7 Å². The van der Waals surface area contributed by atoms with Crippen molar-refractivity contribution < 1.29 is 4.79 Å². The minimum absolute atomic E-state index is 0.173. The molecule has 122 valence electrons. The van der Waals surface area contributed by atoms with Crippen LogP contribution in [-0.2, 0) is 4.79 Å². The predicted octanol–water partition coefficient (Wildman–Crippen LogP) is 0.326. The van der Waals surface area contributed by atoms with Gasteiger partial charge >= 0.3 is 0 Å². The molecule has 0 spiro atoms. The molecule has 0 aromatic rings. The average molecular weight is 296 g/mol. The third-order valence-electron chi connectivity index (χ3n) is 5.03. The summed E-state index contributed by atoms with van der Waals surface area (Å²) in [5, 5.41) is 3.37. The molecule has 0 saturated carbocycles. The Morgan fingerprint density at radius 1 is 1.19 bits per heavy atom. The lowest BCUT2D eigenvalue weighted by molar-refractivity contribution is -0.139. The minimum Gasteiger partial charge on any atom is -0.338 e. The first kappa shape index (κ1) is 16.7. The number of likely N-dealkylation sites (tertiary alicyclic amines) is 1. The Labute approximate surface area is 129 Å². The van der Waals surface area contributed by atoms with Crippen LogP contribution < -0.4 is 5.32 Å². The van der Waals surface area contributed by atoms with Gasteiger partial charge in [0.2, 0.25) is 5.91 Å². The Balaban J connectivity index is 2.02. The van der Waals surface area contributed by atoms with Crippen molar-refractivity contribution in [1.29, 1.82) is 0 Å². The standard InChI is InChI=1S/C16H32N4O/c1-13-11-17-12-15(13)16(21)20(10-9-18(2)3)14-5-7-19(4)8-6-14/h13-15,17H,5-12H2,1-4H3. The van der Waals surface area contributed by atoms with Gasteiger partial charge in [-0.1, -0.05) is 6.92 Å². The Morgan fingerprint density at radius 2 is 1.86 bits per heavy atom. The van der Waals surface area contributed by atoms with Crippen molar-refractivity contribution >= 4 is 5.91 Å². The lowest BCUT2D eigenvalue weighted by Gasteiger charge is -2.39. The van der Waals surface area contributed by atoms with Gasteiger partial charge in [0.1, 0.15) is 0 Å². The molecule has 1 N–H and O–H groups in total. The van der Waals surface area contributed by atoms with E-state index in [2.05, 4.69) is 48.1 Å². The molecule has 0 aliphatic carbocycles. The maximum absolute atomic E-state index is 13.0. The number of likely N-dealkylation sites (N-methyl/N-ethyl adjacent to an activating group) is 1. The maximum Gasteiger partial charge on any atom is 0.227 e. The van der Waals surface area contributed by atoms with Gasteiger partial charge in [-0.2, -0.15) is 0 Å². The lowest BCUT2D eigenvalue weighted by Crippen LogP contribution is -2.51. The maximum atomic E-state index is 13.0. The number of hydrogen-bond acceptors (Lipinski definition) is 4. The van der Waals surface area contributed by atoms with Crippen LogP contribution in [0.15, 0.2) is 0 Å². The van der Waals surface area contributed by atoms with Crippen LogP contribution in [-0.4, -0.2) is 87.1 Å². The number of rotatable bonds is 5. The summed E-state index contributed by atoms with van der Waals surface area (Å²) < 4.78 is 0. The second kappa shape index (κ2) is 7.56. The van der Waals surface area contributed by atoms with Gasteiger partial charge in [-0.05, 0) is 59.5 Å². The van der Waals surface area contributed by atoms with Crippen LogP contribution in [0.3, 0.4) is 0 Å². The zero-order chi connectivity index (χ0) is 15.4. The van der Waals surface area contributed by atoms with E-state index in [1.165, 1.54) is 0 Å². The minimum atomic E-state index is 0.173. The van der Waals surface area contributed by atoms with E-state index < -0.39 is 0 Å². The Morgan fingerprint density at radius 3 is 2.38 bits per heavy atom. The third-order valence-corrected chi connectivity index (χ3v) is 5.03. The molecule has 2 aliphatic rings. The number of amides is 1. The van der Waals surface area contributed by atoms with Crippen LogP contribution in [0.5, 0.6) is 0 Å². The molecule has 2 saturated heterocycles. The van der Waals surface area contributed by atoms with Crippen molar-refractivity contribution in [2.45, 2.75) is 25.8 Å². The molecule has 21 heavy (non-hydrogen) atoms. The SMILES string of the molecule is CC1CNCC1C(=O)N(CCN(C)C)C1CCN(C)CC1. The zero-order valence-electron chi connectivity index (χ0n) is 14.1. The molecule has 2 rings (SSSR count). The Hall–Kier alpha value is -0.650. The van der Waals surface area contributed by atoms with E-state index in [1.54, 1.807) is 0 Å². The normalized spacial score (nSPS) is 28.2. The van der Waals surface area contributed by atoms with E-state index >= 15 is 0 Å². The third kappa shape index (κ3) is 4.41. The first-order valence-corrected chi connectivity index (χ1v) is 8.33. The summed E-state index contributed by atoms with van der Waals surface area (Å²) in [7, 11) is 6.33. The van der Waals surface area contributed by atoms with Gasteiger partial charge in [0.25, 0.3) is 0 Å². The van der Waals surface area contributed by atoms with Gasteiger partial charge in [-0.25, -0.2) is 0 Å². The zero-order valence-corrected chi connectivity index (χ0v) is 14.1. The van der Waals surface area contributed by atoms with Crippen LogP contribution in [0.1, 0.15) is 19.8 Å². The number of nitrogens with zero attached hydrogens (tertiary/aromatic N) is 3. The topological polar surface area (TPSA) is 38.8 Å². The molecule has 0 aromatic heterocycles. The highest BCUT2D eigenvalue weighted by Gasteiger charge is 2.36. The molecule has 1 amide bonds. The second-order valence-electron chi connectivity index (χ2n) is 7.11. The summed E-state index contributed by atoms with van der Waals surface area (Å²) in [4.78, 5) is 19.7. The fourth-order valence-electron chi connectivity index (χ4n) is 3.44. The van der Waals surface area contributed by atoms with E-state index in [1.807, 2.05) is 0 Å². The van der Waals surface area contributed by atoms with Gasteiger partial charge in [0.05, 0.1) is 5.92 Å². The van der Waals surface area contributed by atoms with Crippen molar-refractivity contribution in [2.24, 2.45) is 11.8 Å². The van der Waals surface area contributed by atoms with Crippen molar-refractivity contribution in [3.8, 4) is 0 Å². The van der Waals surface area contributed by atoms with E-state index in [0.717, 1.165) is 52.1 Å². The number of nitrogens with one attached hydrogen (secondary N) is 1. The highest BCUT2D eigenvalue weighted by molar-refractivity contribution is 5.80. The van der Waals surface area contributed by atoms with E-state index in [0.29, 0.717) is 17.9 Å². The van der Waals surface area contributed by atoms with Crippen molar-refractivity contribution in [2.75, 3.05) is 60.4 Å². The summed E-state index contributed by atoms with van der Waals surface area (Å²) in [5.41, 5.74) is 0. The largest absolute Gasteiger partial charge is 0.338 e. The average Bonchev–Trinajstić information content (AvgIpc) is 2.86. The van der Waals surface area contributed by atoms with Crippen LogP contribution >= 0.6 is 0 Å². The molecule has 2 aliphatic heterocycles. The molecule has 5 nitrogen and oxygen atoms in total. The molecular formula is C16H32N4O. The highest BCUT2D eigenvalue weighted by atomic mass is 16.2. The molecule has 2 atom stereocenters. The molecule has 2 unspecified atom stereocenters. The monoisotopic (exact) mass is 296 g/mol. The van der Waals surface area contributed by atoms with Crippen molar-refractivity contribution in [1.82, 2.24) is 20.0 Å². The molecule has 0 radical (unpaired) electrons. The van der Waals surface area contributed by atoms with E-state index in [-0.39, 0.29) is 5.92 Å². The predicted molar refractivity (Wildman–Crippen MR) is 86.3 cm³/mol. The Kier molecular flexibility index (Phi) is 6.02. The molecule has 0 aromatic carbocycles. The first-order valence-electron chi connectivity index (χ1n) is 8.33. The number of piperidine rings is 1. The summed E-state index contributed by atoms with van der Waals surface area (Å²) >= 11 is 0. The van der Waals surface area contributed by atoms with Crippen LogP contribution in [0, 0.1) is 11.8 Å². The fraction of sp³-hybridized carbons (Fsp3) is 0.938. The van der Waals surface area contributed by atoms with Gasteiger partial charge in [0.15, 0.2) is 0 Å². The van der Waals surface area contributed by atoms with Crippen molar-refractivity contribution in [3.05, 3.63) is 0 Å². The van der Waals surface area contributed by atoms with E-state index in [9.17, 15) is 4.79 Å². The highest BCUT2D eigenvalue weighted by Crippen LogP contribution is 2.23. The molecule has 2 heterocycles. The van der Waals surface area contributed by atoms with Crippen LogP contribution in [0.4, 0.5) is 0 Å².